The van der Waals surface area contributed by atoms with Gasteiger partial charge in [-0.15, -0.1) is 12.4 Å². The highest BCUT2D eigenvalue weighted by molar-refractivity contribution is 7.89. The van der Waals surface area contributed by atoms with Crippen LogP contribution >= 0.6 is 12.4 Å². The summed E-state index contributed by atoms with van der Waals surface area (Å²) >= 11 is 0. The maximum absolute atomic E-state index is 13.1. The van der Waals surface area contributed by atoms with Gasteiger partial charge in [0.2, 0.25) is 10.0 Å². The fourth-order valence-corrected chi connectivity index (χ4v) is 4.88. The molecule has 6 nitrogen and oxygen atoms in total. The summed E-state index contributed by atoms with van der Waals surface area (Å²) < 4.78 is 33.6. The van der Waals surface area contributed by atoms with Gasteiger partial charge in [0.1, 0.15) is 0 Å². The second-order valence-corrected chi connectivity index (χ2v) is 8.30. The van der Waals surface area contributed by atoms with E-state index < -0.39 is 10.0 Å². The van der Waals surface area contributed by atoms with Crippen LogP contribution in [0.4, 0.5) is 0 Å². The number of fused-ring (bicyclic) bond motifs is 1. The van der Waals surface area contributed by atoms with E-state index in [4.69, 9.17) is 10.5 Å². The van der Waals surface area contributed by atoms with E-state index in [2.05, 4.69) is 4.98 Å². The molecule has 0 amide bonds. The predicted octanol–water partition coefficient (Wildman–Crippen LogP) is 2.48. The standard InChI is InChI=1S/C18H25N3O3S.ClH/c1-14-5-6-17(16-4-2-10-20-18(14)16)25(22,23)21-11-7-15(8-12-21)24-13-3-9-19;/h2,4-6,10,15H,3,7-9,11-13,19H2,1H3;1H. The van der Waals surface area contributed by atoms with E-state index in [1.165, 1.54) is 0 Å². The molecular formula is C18H26ClN3O3S. The van der Waals surface area contributed by atoms with Crippen LogP contribution in [0.3, 0.4) is 0 Å². The number of nitrogens with two attached hydrogens (primary N) is 1. The van der Waals surface area contributed by atoms with Crippen molar-refractivity contribution in [2.75, 3.05) is 26.2 Å². The van der Waals surface area contributed by atoms with Crippen LogP contribution in [0.5, 0.6) is 0 Å². The zero-order chi connectivity index (χ0) is 17.9. The molecule has 1 saturated heterocycles. The highest BCUT2D eigenvalue weighted by Gasteiger charge is 2.31. The fourth-order valence-electron chi connectivity index (χ4n) is 3.22. The Kier molecular flexibility index (Phi) is 7.37. The quantitative estimate of drug-likeness (QED) is 0.754. The van der Waals surface area contributed by atoms with Gasteiger partial charge in [0.05, 0.1) is 16.5 Å². The van der Waals surface area contributed by atoms with Crippen molar-refractivity contribution in [1.82, 2.24) is 9.29 Å². The predicted molar refractivity (Wildman–Crippen MR) is 105 cm³/mol. The number of ether oxygens (including phenoxy) is 1. The van der Waals surface area contributed by atoms with Crippen LogP contribution < -0.4 is 5.73 Å². The lowest BCUT2D eigenvalue weighted by Gasteiger charge is -2.31. The lowest BCUT2D eigenvalue weighted by atomic mass is 10.1. The zero-order valence-corrected chi connectivity index (χ0v) is 16.6. The van der Waals surface area contributed by atoms with Crippen LogP contribution in [-0.2, 0) is 14.8 Å². The summed E-state index contributed by atoms with van der Waals surface area (Å²) in [5, 5.41) is 0.684. The molecule has 1 aromatic heterocycles. The molecule has 26 heavy (non-hydrogen) atoms. The summed E-state index contributed by atoms with van der Waals surface area (Å²) in [6, 6.07) is 7.12. The van der Waals surface area contributed by atoms with E-state index in [1.807, 2.05) is 19.1 Å². The van der Waals surface area contributed by atoms with Gasteiger partial charge in [-0.25, -0.2) is 8.42 Å². The number of hydrogen-bond donors (Lipinski definition) is 1. The third kappa shape index (κ3) is 4.35. The molecule has 2 heterocycles. The Morgan fingerprint density at radius 1 is 1.27 bits per heavy atom. The Morgan fingerprint density at radius 2 is 2.00 bits per heavy atom. The van der Waals surface area contributed by atoms with Gasteiger partial charge in [0.15, 0.2) is 0 Å². The smallest absolute Gasteiger partial charge is 0.243 e. The first-order valence-electron chi connectivity index (χ1n) is 8.70. The van der Waals surface area contributed by atoms with E-state index in [0.717, 1.165) is 17.5 Å². The lowest BCUT2D eigenvalue weighted by Crippen LogP contribution is -2.41. The third-order valence-electron chi connectivity index (χ3n) is 4.65. The van der Waals surface area contributed by atoms with Crippen molar-refractivity contribution in [2.24, 2.45) is 5.73 Å². The molecule has 0 atom stereocenters. The monoisotopic (exact) mass is 399 g/mol. The molecule has 0 spiro atoms. The normalized spacial score (nSPS) is 16.5. The number of sulfonamides is 1. The average Bonchev–Trinajstić information content (AvgIpc) is 2.63. The number of rotatable bonds is 6. The molecule has 0 radical (unpaired) electrons. The Balaban J connectivity index is 0.00000243. The van der Waals surface area contributed by atoms with Gasteiger partial charge in [-0.2, -0.15) is 4.31 Å². The van der Waals surface area contributed by atoms with Gasteiger partial charge in [0.25, 0.3) is 0 Å². The fraction of sp³-hybridized carbons (Fsp3) is 0.500. The van der Waals surface area contributed by atoms with E-state index in [-0.39, 0.29) is 18.5 Å². The van der Waals surface area contributed by atoms with Gasteiger partial charge in [-0.3, -0.25) is 4.98 Å². The second-order valence-electron chi connectivity index (χ2n) is 6.40. The SMILES string of the molecule is Cc1ccc(S(=O)(=O)N2CCC(OCCCN)CC2)c2cccnc12.Cl. The van der Waals surface area contributed by atoms with E-state index in [9.17, 15) is 8.42 Å². The Hall–Kier alpha value is -1.25. The molecule has 0 bridgehead atoms. The van der Waals surface area contributed by atoms with Gasteiger partial charge >= 0.3 is 0 Å². The third-order valence-corrected chi connectivity index (χ3v) is 6.61. The molecule has 1 aromatic carbocycles. The summed E-state index contributed by atoms with van der Waals surface area (Å²) in [6.45, 7) is 4.15. The van der Waals surface area contributed by atoms with Crippen molar-refractivity contribution in [1.29, 1.82) is 0 Å². The van der Waals surface area contributed by atoms with Crippen LogP contribution in [0.15, 0.2) is 35.4 Å². The first-order valence-corrected chi connectivity index (χ1v) is 10.1. The first kappa shape index (κ1) is 21.1. The molecule has 1 fully saturated rings. The van der Waals surface area contributed by atoms with Gasteiger partial charge < -0.3 is 10.5 Å². The summed E-state index contributed by atoms with van der Waals surface area (Å²) in [6.07, 6.45) is 4.07. The Morgan fingerprint density at radius 3 is 2.69 bits per heavy atom. The number of benzene rings is 1. The molecule has 144 valence electrons. The zero-order valence-electron chi connectivity index (χ0n) is 14.9. The number of aryl methyl sites for hydroxylation is 1. The molecule has 0 aliphatic carbocycles. The minimum absolute atomic E-state index is 0. The van der Waals surface area contributed by atoms with Crippen LogP contribution in [0.1, 0.15) is 24.8 Å². The van der Waals surface area contributed by atoms with Crippen molar-refractivity contribution in [2.45, 2.75) is 37.2 Å². The van der Waals surface area contributed by atoms with Crippen molar-refractivity contribution in [3.05, 3.63) is 36.0 Å². The van der Waals surface area contributed by atoms with Crippen LogP contribution in [0, 0.1) is 6.92 Å². The van der Waals surface area contributed by atoms with E-state index in [0.29, 0.717) is 49.4 Å². The Labute approximate surface area is 161 Å². The van der Waals surface area contributed by atoms with Crippen molar-refractivity contribution >= 4 is 33.3 Å². The van der Waals surface area contributed by atoms with Gasteiger partial charge in [-0.1, -0.05) is 6.07 Å². The Bertz CT molecular complexity index is 837. The minimum atomic E-state index is -3.54. The summed E-state index contributed by atoms with van der Waals surface area (Å²) in [4.78, 5) is 4.68. The van der Waals surface area contributed by atoms with Crippen LogP contribution in [0.25, 0.3) is 10.9 Å². The largest absolute Gasteiger partial charge is 0.378 e. The summed E-state index contributed by atoms with van der Waals surface area (Å²) in [5.41, 5.74) is 7.18. The average molecular weight is 400 g/mol. The van der Waals surface area contributed by atoms with E-state index in [1.54, 1.807) is 22.6 Å². The van der Waals surface area contributed by atoms with Crippen molar-refractivity contribution in [3.8, 4) is 0 Å². The molecule has 8 heteroatoms. The highest BCUT2D eigenvalue weighted by Crippen LogP contribution is 2.28. The number of aromatic nitrogens is 1. The molecule has 0 saturated carbocycles. The first-order chi connectivity index (χ1) is 12.0. The molecule has 2 N–H and O–H groups in total. The molecule has 0 unspecified atom stereocenters. The van der Waals surface area contributed by atoms with Gasteiger partial charge in [-0.05, 0) is 56.5 Å². The van der Waals surface area contributed by atoms with Crippen LogP contribution in [-0.4, -0.2) is 50.1 Å². The molecule has 1 aliphatic heterocycles. The van der Waals surface area contributed by atoms with Crippen LogP contribution in [0.2, 0.25) is 0 Å². The second kappa shape index (κ2) is 9.10. The number of nitrogens with zero attached hydrogens (tertiary/aromatic N) is 2. The summed E-state index contributed by atoms with van der Waals surface area (Å²) in [7, 11) is -3.54. The summed E-state index contributed by atoms with van der Waals surface area (Å²) in [5.74, 6) is 0. The number of pyridine rings is 1. The molecule has 3 rings (SSSR count). The van der Waals surface area contributed by atoms with Crippen molar-refractivity contribution in [3.63, 3.8) is 0 Å². The number of hydrogen-bond acceptors (Lipinski definition) is 5. The van der Waals surface area contributed by atoms with Crippen molar-refractivity contribution < 1.29 is 13.2 Å². The number of piperidine rings is 1. The highest BCUT2D eigenvalue weighted by atomic mass is 35.5. The number of halogens is 1. The molecule has 2 aromatic rings. The van der Waals surface area contributed by atoms with E-state index >= 15 is 0 Å². The minimum Gasteiger partial charge on any atom is -0.378 e. The maximum Gasteiger partial charge on any atom is 0.243 e. The topological polar surface area (TPSA) is 85.5 Å². The molecule has 1 aliphatic rings. The maximum atomic E-state index is 13.1. The molecular weight excluding hydrogens is 374 g/mol. The lowest BCUT2D eigenvalue weighted by molar-refractivity contribution is 0.0209. The van der Waals surface area contributed by atoms with Gasteiger partial charge in [0, 0.05) is 31.3 Å².